The standard InChI is InChI=1S/C20H28N2O3/c1-23-13-14-24-18-8-6-17(7-9-18)15-21-16-19(20-5-4-12-25-20)22-10-2-3-11-22/h4-9,12,19,21H,2-3,10-11,13-16H2,1H3. The van der Waals surface area contributed by atoms with Crippen molar-refractivity contribution in [2.24, 2.45) is 0 Å². The van der Waals surface area contributed by atoms with Crippen LogP contribution < -0.4 is 10.1 Å². The fraction of sp³-hybridized carbons (Fsp3) is 0.500. The van der Waals surface area contributed by atoms with Gasteiger partial charge in [-0.05, 0) is 55.8 Å². The van der Waals surface area contributed by atoms with E-state index in [1.54, 1.807) is 13.4 Å². The molecule has 1 aliphatic rings. The number of nitrogens with one attached hydrogen (secondary N) is 1. The summed E-state index contributed by atoms with van der Waals surface area (Å²) in [4.78, 5) is 2.51. The normalized spacial score (nSPS) is 16.2. The smallest absolute Gasteiger partial charge is 0.122 e. The Morgan fingerprint density at radius 2 is 1.92 bits per heavy atom. The van der Waals surface area contributed by atoms with Gasteiger partial charge in [0, 0.05) is 20.2 Å². The molecule has 0 radical (unpaired) electrons. The molecule has 136 valence electrons. The summed E-state index contributed by atoms with van der Waals surface area (Å²) < 4.78 is 16.2. The number of likely N-dealkylation sites (tertiary alicyclic amines) is 1. The fourth-order valence-corrected chi connectivity index (χ4v) is 3.24. The lowest BCUT2D eigenvalue weighted by Gasteiger charge is -2.26. The number of hydrogen-bond donors (Lipinski definition) is 1. The van der Waals surface area contributed by atoms with Gasteiger partial charge in [0.25, 0.3) is 0 Å². The van der Waals surface area contributed by atoms with Gasteiger partial charge in [-0.15, -0.1) is 0 Å². The molecule has 1 saturated heterocycles. The number of nitrogens with zero attached hydrogens (tertiary/aromatic N) is 1. The highest BCUT2D eigenvalue weighted by atomic mass is 16.5. The lowest BCUT2D eigenvalue weighted by molar-refractivity contribution is 0.146. The second-order valence-electron chi connectivity index (χ2n) is 6.39. The monoisotopic (exact) mass is 344 g/mol. The Labute approximate surface area is 149 Å². The third kappa shape index (κ3) is 5.33. The van der Waals surface area contributed by atoms with E-state index in [1.807, 2.05) is 18.2 Å². The molecular formula is C20H28N2O3. The Hall–Kier alpha value is -1.82. The highest BCUT2D eigenvalue weighted by Gasteiger charge is 2.24. The second kappa shape index (κ2) is 9.61. The minimum Gasteiger partial charge on any atom is -0.491 e. The van der Waals surface area contributed by atoms with Crippen LogP contribution in [0.5, 0.6) is 5.75 Å². The number of methoxy groups -OCH3 is 1. The molecular weight excluding hydrogens is 316 g/mol. The number of hydrogen-bond acceptors (Lipinski definition) is 5. The number of rotatable bonds is 10. The number of benzene rings is 1. The van der Waals surface area contributed by atoms with E-state index >= 15 is 0 Å². The van der Waals surface area contributed by atoms with Gasteiger partial charge in [0.1, 0.15) is 18.1 Å². The molecule has 0 bridgehead atoms. The maximum absolute atomic E-state index is 5.66. The van der Waals surface area contributed by atoms with Crippen LogP contribution in [0.1, 0.15) is 30.2 Å². The topological polar surface area (TPSA) is 46.9 Å². The van der Waals surface area contributed by atoms with Crippen LogP contribution in [0.15, 0.2) is 47.1 Å². The maximum atomic E-state index is 5.66. The van der Waals surface area contributed by atoms with Crippen LogP contribution in [-0.4, -0.2) is 44.9 Å². The number of ether oxygens (including phenoxy) is 2. The average molecular weight is 344 g/mol. The van der Waals surface area contributed by atoms with E-state index in [2.05, 4.69) is 28.4 Å². The zero-order valence-electron chi connectivity index (χ0n) is 14.9. The fourth-order valence-electron chi connectivity index (χ4n) is 3.24. The van der Waals surface area contributed by atoms with Crippen molar-refractivity contribution in [1.29, 1.82) is 0 Å². The van der Waals surface area contributed by atoms with Crippen LogP contribution in [0, 0.1) is 0 Å². The van der Waals surface area contributed by atoms with E-state index in [9.17, 15) is 0 Å². The van der Waals surface area contributed by atoms with E-state index in [1.165, 1.54) is 18.4 Å². The van der Waals surface area contributed by atoms with E-state index < -0.39 is 0 Å². The Kier molecular flexibility index (Phi) is 6.91. The first-order valence-corrected chi connectivity index (χ1v) is 9.05. The molecule has 5 heteroatoms. The van der Waals surface area contributed by atoms with E-state index in [0.717, 1.165) is 37.7 Å². The van der Waals surface area contributed by atoms with Crippen molar-refractivity contribution in [2.75, 3.05) is 40.0 Å². The van der Waals surface area contributed by atoms with Gasteiger partial charge in [-0.1, -0.05) is 12.1 Å². The van der Waals surface area contributed by atoms with Gasteiger partial charge in [0.15, 0.2) is 0 Å². The highest BCUT2D eigenvalue weighted by molar-refractivity contribution is 5.27. The van der Waals surface area contributed by atoms with Crippen molar-refractivity contribution in [3.05, 3.63) is 54.0 Å². The summed E-state index contributed by atoms with van der Waals surface area (Å²) in [6, 6.07) is 12.6. The van der Waals surface area contributed by atoms with Crippen molar-refractivity contribution in [3.63, 3.8) is 0 Å². The summed E-state index contributed by atoms with van der Waals surface area (Å²) in [6.07, 6.45) is 4.32. The molecule has 1 unspecified atom stereocenters. The van der Waals surface area contributed by atoms with Crippen molar-refractivity contribution in [2.45, 2.75) is 25.4 Å². The van der Waals surface area contributed by atoms with Crippen LogP contribution in [0.2, 0.25) is 0 Å². The first-order valence-electron chi connectivity index (χ1n) is 9.05. The molecule has 25 heavy (non-hydrogen) atoms. The van der Waals surface area contributed by atoms with Crippen LogP contribution in [-0.2, 0) is 11.3 Å². The molecule has 5 nitrogen and oxygen atoms in total. The van der Waals surface area contributed by atoms with Gasteiger partial charge in [-0.2, -0.15) is 0 Å². The summed E-state index contributed by atoms with van der Waals surface area (Å²) >= 11 is 0. The lowest BCUT2D eigenvalue weighted by Crippen LogP contribution is -2.33. The molecule has 1 N–H and O–H groups in total. The number of furan rings is 1. The second-order valence-corrected chi connectivity index (χ2v) is 6.39. The highest BCUT2D eigenvalue weighted by Crippen LogP contribution is 2.25. The Balaban J connectivity index is 1.48. The molecule has 1 atom stereocenters. The van der Waals surface area contributed by atoms with E-state index in [0.29, 0.717) is 19.3 Å². The van der Waals surface area contributed by atoms with E-state index in [-0.39, 0.29) is 0 Å². The van der Waals surface area contributed by atoms with Crippen LogP contribution >= 0.6 is 0 Å². The molecule has 1 aromatic heterocycles. The largest absolute Gasteiger partial charge is 0.491 e. The third-order valence-corrected chi connectivity index (χ3v) is 4.60. The molecule has 0 spiro atoms. The molecule has 3 rings (SSSR count). The van der Waals surface area contributed by atoms with Crippen molar-refractivity contribution in [1.82, 2.24) is 10.2 Å². The first-order chi connectivity index (χ1) is 12.4. The Morgan fingerprint density at radius 3 is 2.60 bits per heavy atom. The van der Waals surface area contributed by atoms with Gasteiger partial charge in [-0.3, -0.25) is 4.90 Å². The van der Waals surface area contributed by atoms with Gasteiger partial charge in [-0.25, -0.2) is 0 Å². The van der Waals surface area contributed by atoms with Gasteiger partial charge < -0.3 is 19.2 Å². The van der Waals surface area contributed by atoms with Crippen LogP contribution in [0.25, 0.3) is 0 Å². The van der Waals surface area contributed by atoms with Crippen molar-refractivity contribution < 1.29 is 13.9 Å². The first kappa shape index (κ1) is 18.0. The summed E-state index contributed by atoms with van der Waals surface area (Å²) in [5.41, 5.74) is 1.25. The predicted octanol–water partition coefficient (Wildman–Crippen LogP) is 3.23. The summed E-state index contributed by atoms with van der Waals surface area (Å²) in [7, 11) is 1.68. The quantitative estimate of drug-likeness (QED) is 0.671. The summed E-state index contributed by atoms with van der Waals surface area (Å²) in [6.45, 7) is 5.22. The molecule has 1 aliphatic heterocycles. The maximum Gasteiger partial charge on any atom is 0.122 e. The predicted molar refractivity (Wildman–Crippen MR) is 97.8 cm³/mol. The molecule has 1 aromatic carbocycles. The van der Waals surface area contributed by atoms with Crippen LogP contribution in [0.4, 0.5) is 0 Å². The minimum atomic E-state index is 0.314. The zero-order chi connectivity index (χ0) is 17.3. The van der Waals surface area contributed by atoms with E-state index in [4.69, 9.17) is 13.9 Å². The Morgan fingerprint density at radius 1 is 1.12 bits per heavy atom. The zero-order valence-corrected chi connectivity index (χ0v) is 14.9. The Bertz CT molecular complexity index is 592. The summed E-state index contributed by atoms with van der Waals surface area (Å²) in [5, 5.41) is 3.58. The van der Waals surface area contributed by atoms with Crippen LogP contribution in [0.3, 0.4) is 0 Å². The lowest BCUT2D eigenvalue weighted by atomic mass is 10.1. The molecule has 2 aromatic rings. The van der Waals surface area contributed by atoms with Gasteiger partial charge in [0.05, 0.1) is 18.9 Å². The van der Waals surface area contributed by atoms with Crippen molar-refractivity contribution in [3.8, 4) is 5.75 Å². The van der Waals surface area contributed by atoms with Gasteiger partial charge in [0.2, 0.25) is 0 Å². The molecule has 0 saturated carbocycles. The molecule has 0 aliphatic carbocycles. The molecule has 0 amide bonds. The molecule has 1 fully saturated rings. The van der Waals surface area contributed by atoms with Crippen molar-refractivity contribution >= 4 is 0 Å². The SMILES string of the molecule is COCCOc1ccc(CNCC(c2ccco2)N2CCCC2)cc1. The molecule has 2 heterocycles. The third-order valence-electron chi connectivity index (χ3n) is 4.60. The minimum absolute atomic E-state index is 0.314. The summed E-state index contributed by atoms with van der Waals surface area (Å²) in [5.74, 6) is 1.93. The van der Waals surface area contributed by atoms with Gasteiger partial charge >= 0.3 is 0 Å². The average Bonchev–Trinajstić information content (AvgIpc) is 3.34.